The van der Waals surface area contributed by atoms with Gasteiger partial charge in [-0.25, -0.2) is 0 Å². The summed E-state index contributed by atoms with van der Waals surface area (Å²) in [6.07, 6.45) is 11.6. The summed E-state index contributed by atoms with van der Waals surface area (Å²) in [5.74, 6) is 1.03. The van der Waals surface area contributed by atoms with Crippen molar-refractivity contribution in [1.29, 1.82) is 0 Å². The van der Waals surface area contributed by atoms with E-state index < -0.39 is 6.00 Å². The molecule has 0 bridgehead atoms. The first-order valence-corrected chi connectivity index (χ1v) is 12.1. The van der Waals surface area contributed by atoms with Crippen LogP contribution in [0.5, 0.6) is 0 Å². The smallest absolute Gasteiger partial charge is 0.179 e. The van der Waals surface area contributed by atoms with Crippen LogP contribution in [0.1, 0.15) is 57.8 Å². The van der Waals surface area contributed by atoms with E-state index in [0.717, 1.165) is 18.2 Å². The van der Waals surface area contributed by atoms with Gasteiger partial charge in [-0.05, 0) is 18.2 Å². The molecule has 0 unspecified atom stereocenters. The average Bonchev–Trinajstić information content (AvgIpc) is 2.19. The van der Waals surface area contributed by atoms with Crippen molar-refractivity contribution in [1.82, 2.24) is 0 Å². The Morgan fingerprint density at radius 2 is 1.00 bits per heavy atom. The van der Waals surface area contributed by atoms with Crippen molar-refractivity contribution >= 4 is 51.9 Å². The largest absolute Gasteiger partial charge is 0.341 e. The van der Waals surface area contributed by atoms with Crippen LogP contribution in [0.15, 0.2) is 0 Å². The molecule has 0 N–H and O–H groups in total. The van der Waals surface area contributed by atoms with E-state index in [-0.39, 0.29) is 0 Å². The van der Waals surface area contributed by atoms with Crippen molar-refractivity contribution in [2.75, 3.05) is 5.75 Å². The van der Waals surface area contributed by atoms with E-state index in [1.165, 1.54) is 51.4 Å². The summed E-state index contributed by atoms with van der Waals surface area (Å²) in [6, 6.07) is -1.52. The minimum absolute atomic E-state index is 0.819. The van der Waals surface area contributed by atoms with E-state index in [1.807, 2.05) is 0 Å². The summed E-state index contributed by atoms with van der Waals surface area (Å²) >= 11 is 21.6. The van der Waals surface area contributed by atoms with Crippen molar-refractivity contribution in [2.45, 2.75) is 63.8 Å². The molecular formula is C11H23Cl3SSi. The Balaban J connectivity index is 2.99. The number of thiol groups is 1. The molecule has 0 aliphatic carbocycles. The zero-order valence-corrected chi connectivity index (χ0v) is 14.0. The molecule has 0 spiro atoms. The minimum Gasteiger partial charge on any atom is -0.179 e. The van der Waals surface area contributed by atoms with Crippen LogP contribution in [0.2, 0.25) is 6.04 Å². The fourth-order valence-corrected chi connectivity index (χ4v) is 3.75. The predicted molar refractivity (Wildman–Crippen MR) is 83.5 cm³/mol. The Hall–Kier alpha value is 1.44. The topological polar surface area (TPSA) is 0 Å². The first kappa shape index (κ1) is 17.4. The summed E-state index contributed by atoms with van der Waals surface area (Å²) < 4.78 is 0. The van der Waals surface area contributed by atoms with Crippen molar-refractivity contribution in [2.24, 2.45) is 0 Å². The average molecular weight is 322 g/mol. The van der Waals surface area contributed by atoms with Crippen LogP contribution in [-0.2, 0) is 0 Å². The van der Waals surface area contributed by atoms with Gasteiger partial charge in [0.05, 0.1) is 0 Å². The molecule has 0 saturated carbocycles. The van der Waals surface area contributed by atoms with E-state index in [9.17, 15) is 0 Å². The Kier molecular flexibility index (Phi) is 12.6. The fourth-order valence-electron chi connectivity index (χ4n) is 1.67. The molecule has 98 valence electrons. The molecule has 0 aromatic carbocycles. The van der Waals surface area contributed by atoms with Crippen molar-refractivity contribution in [3.8, 4) is 0 Å². The van der Waals surface area contributed by atoms with Crippen molar-refractivity contribution in [3.63, 3.8) is 0 Å². The summed E-state index contributed by atoms with van der Waals surface area (Å²) in [4.78, 5) is 0. The lowest BCUT2D eigenvalue weighted by Gasteiger charge is -2.06. The van der Waals surface area contributed by atoms with Gasteiger partial charge in [0.1, 0.15) is 0 Å². The van der Waals surface area contributed by atoms with Crippen LogP contribution < -0.4 is 0 Å². The number of rotatable bonds is 11. The second-order valence-electron chi connectivity index (χ2n) is 4.27. The van der Waals surface area contributed by atoms with E-state index in [2.05, 4.69) is 12.6 Å². The Labute approximate surface area is 121 Å². The Morgan fingerprint density at radius 1 is 0.625 bits per heavy atom. The van der Waals surface area contributed by atoms with Crippen LogP contribution >= 0.6 is 45.9 Å². The van der Waals surface area contributed by atoms with Gasteiger partial charge in [-0.15, -0.1) is 33.2 Å². The van der Waals surface area contributed by atoms with Gasteiger partial charge in [0.2, 0.25) is 0 Å². The van der Waals surface area contributed by atoms with Gasteiger partial charge in [-0.1, -0.05) is 51.4 Å². The van der Waals surface area contributed by atoms with Crippen LogP contribution in [0, 0.1) is 0 Å². The van der Waals surface area contributed by atoms with Gasteiger partial charge in [-0.3, -0.25) is 0 Å². The van der Waals surface area contributed by atoms with Gasteiger partial charge in [-0.2, -0.15) is 12.6 Å². The quantitative estimate of drug-likeness (QED) is 0.203. The summed E-state index contributed by atoms with van der Waals surface area (Å²) in [7, 11) is 0. The third-order valence-electron chi connectivity index (χ3n) is 2.62. The normalized spacial score (nSPS) is 12.0. The second kappa shape index (κ2) is 11.5. The first-order valence-electron chi connectivity index (χ1n) is 6.24. The lowest BCUT2D eigenvalue weighted by molar-refractivity contribution is 0.573. The highest BCUT2D eigenvalue weighted by atomic mass is 35.8. The van der Waals surface area contributed by atoms with Gasteiger partial charge in [0.25, 0.3) is 0 Å². The molecule has 5 heteroatoms. The van der Waals surface area contributed by atoms with Crippen LogP contribution in [0.4, 0.5) is 0 Å². The molecule has 0 aromatic heterocycles. The molecule has 0 radical (unpaired) electrons. The van der Waals surface area contributed by atoms with Crippen LogP contribution in [0.25, 0.3) is 0 Å². The van der Waals surface area contributed by atoms with Crippen molar-refractivity contribution < 1.29 is 0 Å². The summed E-state index contributed by atoms with van der Waals surface area (Å²) in [6.45, 7) is 0. The van der Waals surface area contributed by atoms with E-state index in [1.54, 1.807) is 0 Å². The molecule has 0 rings (SSSR count). The summed E-state index contributed by atoms with van der Waals surface area (Å²) in [5.41, 5.74) is 0. The van der Waals surface area contributed by atoms with Gasteiger partial charge < -0.3 is 0 Å². The number of hydrogen-bond acceptors (Lipinski definition) is 1. The fraction of sp³-hybridized carbons (Fsp3) is 1.00. The first-order chi connectivity index (χ1) is 7.56. The number of halogens is 3. The van der Waals surface area contributed by atoms with Crippen molar-refractivity contribution in [3.05, 3.63) is 0 Å². The van der Waals surface area contributed by atoms with Crippen LogP contribution in [0.3, 0.4) is 0 Å². The summed E-state index contributed by atoms with van der Waals surface area (Å²) in [5, 5.41) is 0. The third-order valence-corrected chi connectivity index (χ3v) is 5.56. The predicted octanol–water partition coefficient (Wildman–Crippen LogP) is 6.08. The zero-order chi connectivity index (χ0) is 12.3. The highest BCUT2D eigenvalue weighted by Gasteiger charge is 2.23. The molecule has 0 fully saturated rings. The standard InChI is InChI=1S/C11H23Cl3SSi/c12-16(13,14)11-9-7-5-3-1-2-4-6-8-10-15/h15H,1-11H2. The zero-order valence-electron chi connectivity index (χ0n) is 9.86. The highest BCUT2D eigenvalue weighted by Crippen LogP contribution is 2.27. The van der Waals surface area contributed by atoms with Gasteiger partial charge >= 0.3 is 6.00 Å². The maximum absolute atomic E-state index is 5.81. The Bertz CT molecular complexity index is 151. The van der Waals surface area contributed by atoms with E-state index in [0.29, 0.717) is 0 Å². The molecule has 0 saturated heterocycles. The van der Waals surface area contributed by atoms with Gasteiger partial charge in [0.15, 0.2) is 0 Å². The van der Waals surface area contributed by atoms with Gasteiger partial charge in [0, 0.05) is 0 Å². The molecular weight excluding hydrogens is 299 g/mol. The van der Waals surface area contributed by atoms with Crippen LogP contribution in [-0.4, -0.2) is 11.8 Å². The highest BCUT2D eigenvalue weighted by molar-refractivity contribution is 7.80. The monoisotopic (exact) mass is 320 g/mol. The molecule has 16 heavy (non-hydrogen) atoms. The lowest BCUT2D eigenvalue weighted by atomic mass is 10.1. The molecule has 0 atom stereocenters. The lowest BCUT2D eigenvalue weighted by Crippen LogP contribution is -2.07. The number of hydrogen-bond donors (Lipinski definition) is 1. The molecule has 0 nitrogen and oxygen atoms in total. The SMILES string of the molecule is SCCCCCCCCCCC[Si](Cl)(Cl)Cl. The molecule has 0 aliphatic heterocycles. The molecule has 0 heterocycles. The Morgan fingerprint density at radius 3 is 1.38 bits per heavy atom. The molecule has 0 aromatic rings. The molecule has 0 amide bonds. The number of unbranched alkanes of at least 4 members (excludes halogenated alkanes) is 8. The maximum atomic E-state index is 5.81. The van der Waals surface area contributed by atoms with E-state index >= 15 is 0 Å². The second-order valence-corrected chi connectivity index (χ2v) is 14.0. The molecule has 0 aliphatic rings. The maximum Gasteiger partial charge on any atom is 0.341 e. The van der Waals surface area contributed by atoms with E-state index in [4.69, 9.17) is 33.2 Å². The minimum atomic E-state index is -2.34. The third kappa shape index (κ3) is 15.4.